The smallest absolute Gasteiger partial charge is 0.00804 e. The molecule has 0 unspecified atom stereocenters. The van der Waals surface area contributed by atoms with E-state index in [4.69, 9.17) is 0 Å². The fourth-order valence-corrected chi connectivity index (χ4v) is 0. The third-order valence-corrected chi connectivity index (χ3v) is 0.354. The van der Waals surface area contributed by atoms with Gasteiger partial charge in [-0.15, -0.1) is 0 Å². The predicted octanol–water partition coefficient (Wildman–Crippen LogP) is 2.77. The summed E-state index contributed by atoms with van der Waals surface area (Å²) in [7, 11) is 1.93. The van der Waals surface area contributed by atoms with Gasteiger partial charge >= 0.3 is 0 Å². The maximum Gasteiger partial charge on any atom is -0.00804 e. The predicted molar refractivity (Wildman–Crippen MR) is 46.5 cm³/mol. The van der Waals surface area contributed by atoms with E-state index in [0.29, 0.717) is 0 Å². The van der Waals surface area contributed by atoms with Crippen LogP contribution in [0, 0.1) is 0 Å². The first-order valence-corrected chi connectivity index (χ1v) is 1.56. The van der Waals surface area contributed by atoms with Crippen LogP contribution in [0.25, 0.3) is 0 Å². The lowest BCUT2D eigenvalue weighted by Crippen LogP contribution is -2.01. The molecule has 8 heavy (non-hydrogen) atoms. The zero-order valence-corrected chi connectivity index (χ0v) is 3.21. The van der Waals surface area contributed by atoms with Crippen LogP contribution in [0.3, 0.4) is 0 Å². The molecule has 0 rings (SSSR count). The standard InChI is InChI=1S/C3H9N.4CH4/c1-3-4-2;;;;/h4H,3H2,1-2H3;4*1H4. The highest BCUT2D eigenvalue weighted by Gasteiger charge is 1.50. The van der Waals surface area contributed by atoms with Crippen LogP contribution in [0.1, 0.15) is 36.6 Å². The molecular weight excluding hydrogens is 98.1 g/mol. The van der Waals surface area contributed by atoms with E-state index in [0.717, 1.165) is 6.54 Å². The molecule has 0 atom stereocenters. The number of hydrogen-bond donors (Lipinski definition) is 1. The zero-order valence-electron chi connectivity index (χ0n) is 3.21. The second-order valence-corrected chi connectivity index (χ2v) is 0.707. The first-order valence-electron chi connectivity index (χ1n) is 1.56. The minimum absolute atomic E-state index is 0. The van der Waals surface area contributed by atoms with Crippen LogP contribution in [-0.2, 0) is 0 Å². The molecule has 0 bridgehead atoms. The Bertz CT molecular complexity index is 6.35. The monoisotopic (exact) mass is 123 g/mol. The van der Waals surface area contributed by atoms with Gasteiger partial charge in [0.1, 0.15) is 0 Å². The van der Waals surface area contributed by atoms with E-state index >= 15 is 0 Å². The van der Waals surface area contributed by atoms with Crippen molar-refractivity contribution in [3.63, 3.8) is 0 Å². The van der Waals surface area contributed by atoms with Crippen molar-refractivity contribution in [2.75, 3.05) is 13.6 Å². The molecule has 0 aromatic carbocycles. The molecule has 0 heterocycles. The summed E-state index contributed by atoms with van der Waals surface area (Å²) in [4.78, 5) is 0. The summed E-state index contributed by atoms with van der Waals surface area (Å²) in [5.74, 6) is 0. The number of rotatable bonds is 1. The fraction of sp³-hybridized carbons (Fsp3) is 1.00. The van der Waals surface area contributed by atoms with Crippen LogP contribution in [0.15, 0.2) is 0 Å². The topological polar surface area (TPSA) is 12.0 Å². The van der Waals surface area contributed by atoms with Crippen LogP contribution in [0.5, 0.6) is 0 Å². The largest absolute Gasteiger partial charge is 0.320 e. The Kier molecular flexibility index (Phi) is 354. The van der Waals surface area contributed by atoms with Crippen molar-refractivity contribution in [2.45, 2.75) is 36.6 Å². The van der Waals surface area contributed by atoms with Crippen LogP contribution in [0.2, 0.25) is 0 Å². The van der Waals surface area contributed by atoms with Crippen molar-refractivity contribution in [1.29, 1.82) is 0 Å². The molecule has 0 aromatic rings. The summed E-state index contributed by atoms with van der Waals surface area (Å²) >= 11 is 0. The molecule has 1 nitrogen and oxygen atoms in total. The molecule has 0 aliphatic carbocycles. The van der Waals surface area contributed by atoms with E-state index in [-0.39, 0.29) is 29.7 Å². The van der Waals surface area contributed by atoms with Gasteiger partial charge in [0, 0.05) is 0 Å². The first kappa shape index (κ1) is 44.0. The maximum atomic E-state index is 2.93. The van der Waals surface area contributed by atoms with E-state index in [2.05, 4.69) is 12.2 Å². The molecule has 0 spiro atoms. The third kappa shape index (κ3) is 159. The average Bonchev–Trinajstić information content (AvgIpc) is 1.37. The van der Waals surface area contributed by atoms with E-state index in [1.54, 1.807) is 0 Å². The van der Waals surface area contributed by atoms with Gasteiger partial charge < -0.3 is 5.32 Å². The lowest BCUT2D eigenvalue weighted by atomic mass is 10.8. The van der Waals surface area contributed by atoms with Crippen molar-refractivity contribution >= 4 is 0 Å². The fourth-order valence-electron chi connectivity index (χ4n) is 0. The van der Waals surface area contributed by atoms with Crippen LogP contribution >= 0.6 is 0 Å². The second-order valence-electron chi connectivity index (χ2n) is 0.707. The van der Waals surface area contributed by atoms with Crippen molar-refractivity contribution in [1.82, 2.24) is 5.32 Å². The van der Waals surface area contributed by atoms with Gasteiger partial charge in [-0.05, 0) is 13.6 Å². The van der Waals surface area contributed by atoms with Gasteiger partial charge in [-0.2, -0.15) is 0 Å². The van der Waals surface area contributed by atoms with Gasteiger partial charge in [0.2, 0.25) is 0 Å². The van der Waals surface area contributed by atoms with E-state index in [9.17, 15) is 0 Å². The van der Waals surface area contributed by atoms with Gasteiger partial charge in [0.15, 0.2) is 0 Å². The van der Waals surface area contributed by atoms with Crippen molar-refractivity contribution in [3.05, 3.63) is 0 Å². The summed E-state index contributed by atoms with van der Waals surface area (Å²) < 4.78 is 0. The number of hydrogen-bond acceptors (Lipinski definition) is 1. The molecule has 0 aliphatic rings. The summed E-state index contributed by atoms with van der Waals surface area (Å²) in [5.41, 5.74) is 0. The lowest BCUT2D eigenvalue weighted by Gasteiger charge is -1.76. The van der Waals surface area contributed by atoms with Gasteiger partial charge in [0.25, 0.3) is 0 Å². The second kappa shape index (κ2) is 64.4. The van der Waals surface area contributed by atoms with Crippen molar-refractivity contribution < 1.29 is 0 Å². The third-order valence-electron chi connectivity index (χ3n) is 0.354. The Morgan fingerprint density at radius 2 is 1.12 bits per heavy atom. The molecule has 0 radical (unpaired) electrons. The minimum Gasteiger partial charge on any atom is -0.320 e. The summed E-state index contributed by atoms with van der Waals surface area (Å²) in [6.45, 7) is 3.14. The van der Waals surface area contributed by atoms with E-state index in [1.807, 2.05) is 7.05 Å². The minimum atomic E-state index is 0. The molecular formula is C7H25N. The Morgan fingerprint density at radius 1 is 1.00 bits per heavy atom. The van der Waals surface area contributed by atoms with Crippen LogP contribution in [0.4, 0.5) is 0 Å². The van der Waals surface area contributed by atoms with Crippen molar-refractivity contribution in [3.8, 4) is 0 Å². The molecule has 1 N–H and O–H groups in total. The highest BCUT2D eigenvalue weighted by molar-refractivity contribution is 4.15. The molecule has 58 valence electrons. The van der Waals surface area contributed by atoms with Gasteiger partial charge in [0.05, 0.1) is 0 Å². The lowest BCUT2D eigenvalue weighted by molar-refractivity contribution is 0.864. The van der Waals surface area contributed by atoms with Gasteiger partial charge in [-0.25, -0.2) is 0 Å². The van der Waals surface area contributed by atoms with E-state index < -0.39 is 0 Å². The van der Waals surface area contributed by atoms with Gasteiger partial charge in [-0.3, -0.25) is 0 Å². The molecule has 0 amide bonds. The maximum absolute atomic E-state index is 2.93. The molecule has 0 saturated carbocycles. The molecule has 0 aromatic heterocycles. The van der Waals surface area contributed by atoms with Crippen molar-refractivity contribution in [2.24, 2.45) is 0 Å². The highest BCUT2D eigenvalue weighted by Crippen LogP contribution is 1.34. The summed E-state index contributed by atoms with van der Waals surface area (Å²) in [6.07, 6.45) is 0. The Morgan fingerprint density at radius 3 is 1.12 bits per heavy atom. The normalized spacial score (nSPS) is 3.75. The van der Waals surface area contributed by atoms with Crippen LogP contribution < -0.4 is 5.32 Å². The van der Waals surface area contributed by atoms with Gasteiger partial charge in [-0.1, -0.05) is 36.6 Å². The zero-order chi connectivity index (χ0) is 3.41. The van der Waals surface area contributed by atoms with E-state index in [1.165, 1.54) is 0 Å². The molecule has 0 saturated heterocycles. The number of nitrogens with one attached hydrogen (secondary N) is 1. The summed E-state index contributed by atoms with van der Waals surface area (Å²) in [6, 6.07) is 0. The summed E-state index contributed by atoms with van der Waals surface area (Å²) in [5, 5.41) is 2.93. The SMILES string of the molecule is C.C.C.C.CCNC. The Balaban J connectivity index is -0.00000000750. The average molecular weight is 123 g/mol. The molecule has 1 heteroatoms. The Labute approximate surface area is 56.5 Å². The molecule has 0 aliphatic heterocycles. The van der Waals surface area contributed by atoms with Crippen LogP contribution in [-0.4, -0.2) is 13.6 Å². The highest BCUT2D eigenvalue weighted by atomic mass is 14.8. The Hall–Kier alpha value is -0.0400. The first-order chi connectivity index (χ1) is 1.91. The quantitative estimate of drug-likeness (QED) is 0.565. The molecule has 0 fully saturated rings.